The summed E-state index contributed by atoms with van der Waals surface area (Å²) in [6, 6.07) is 5.69. The average Bonchev–Trinajstić information content (AvgIpc) is 2.33. The van der Waals surface area contributed by atoms with E-state index in [1.165, 1.54) is 0 Å². The number of para-hydroxylation sites is 1. The zero-order chi connectivity index (χ0) is 11.8. The Morgan fingerprint density at radius 1 is 0.938 bits per heavy atom. The Morgan fingerprint density at radius 3 is 2.19 bits per heavy atom. The topological polar surface area (TPSA) is 27.7 Å². The van der Waals surface area contributed by atoms with Crippen LogP contribution in [0.3, 0.4) is 0 Å². The van der Waals surface area contributed by atoms with Gasteiger partial charge in [-0.05, 0) is 25.0 Å². The molecule has 90 valence electrons. The van der Waals surface area contributed by atoms with Gasteiger partial charge in [-0.15, -0.1) is 0 Å². The van der Waals surface area contributed by atoms with Gasteiger partial charge in [0.15, 0.2) is 11.5 Å². The quantitative estimate of drug-likeness (QED) is 0.711. The Bertz CT molecular complexity index is 310. The molecule has 0 amide bonds. The molecule has 0 fully saturated rings. The van der Waals surface area contributed by atoms with Crippen LogP contribution >= 0.6 is 0 Å². The second kappa shape index (κ2) is 6.99. The lowest BCUT2D eigenvalue weighted by Crippen LogP contribution is -2.02. The summed E-state index contributed by atoms with van der Waals surface area (Å²) in [6.45, 7) is 5.51. The van der Waals surface area contributed by atoms with Gasteiger partial charge in [0.25, 0.3) is 0 Å². The molecule has 3 heteroatoms. The predicted octanol–water partition coefficient (Wildman–Crippen LogP) is 3.27. The van der Waals surface area contributed by atoms with Crippen LogP contribution in [-0.2, 0) is 0 Å². The third-order valence-electron chi connectivity index (χ3n) is 2.07. The van der Waals surface area contributed by atoms with E-state index < -0.39 is 0 Å². The van der Waals surface area contributed by atoms with Crippen molar-refractivity contribution in [2.45, 2.75) is 26.7 Å². The van der Waals surface area contributed by atoms with Crippen LogP contribution in [0.5, 0.6) is 17.2 Å². The number of rotatable bonds is 7. The Balaban J connectivity index is 2.86. The smallest absolute Gasteiger partial charge is 0.203 e. The van der Waals surface area contributed by atoms with E-state index in [1.807, 2.05) is 18.2 Å². The first kappa shape index (κ1) is 12.7. The fraction of sp³-hybridized carbons (Fsp3) is 0.538. The fourth-order valence-electron chi connectivity index (χ4n) is 1.33. The van der Waals surface area contributed by atoms with E-state index >= 15 is 0 Å². The lowest BCUT2D eigenvalue weighted by Gasteiger charge is -2.14. The van der Waals surface area contributed by atoms with Crippen molar-refractivity contribution in [3.63, 3.8) is 0 Å². The third kappa shape index (κ3) is 3.33. The number of hydrogen-bond donors (Lipinski definition) is 0. The molecule has 1 rings (SSSR count). The molecule has 0 N–H and O–H groups in total. The van der Waals surface area contributed by atoms with Gasteiger partial charge < -0.3 is 14.2 Å². The van der Waals surface area contributed by atoms with Gasteiger partial charge >= 0.3 is 0 Å². The van der Waals surface area contributed by atoms with Gasteiger partial charge in [0.1, 0.15) is 0 Å². The minimum atomic E-state index is 0.670. The lowest BCUT2D eigenvalue weighted by atomic mass is 10.3. The Labute approximate surface area is 97.3 Å². The van der Waals surface area contributed by atoms with E-state index in [0.29, 0.717) is 19.0 Å². The summed E-state index contributed by atoms with van der Waals surface area (Å²) in [5.74, 6) is 2.19. The first-order valence-electron chi connectivity index (χ1n) is 5.76. The molecule has 0 aliphatic rings. The summed E-state index contributed by atoms with van der Waals surface area (Å²) in [5.41, 5.74) is 0. The molecule has 0 aliphatic carbocycles. The van der Waals surface area contributed by atoms with Gasteiger partial charge in [0.2, 0.25) is 5.75 Å². The Kier molecular flexibility index (Phi) is 5.54. The van der Waals surface area contributed by atoms with Crippen LogP contribution in [0.15, 0.2) is 18.2 Å². The SMILES string of the molecule is CCCOc1cccc(OC)c1OCCC. The van der Waals surface area contributed by atoms with Crippen LogP contribution < -0.4 is 14.2 Å². The Morgan fingerprint density at radius 2 is 1.56 bits per heavy atom. The maximum atomic E-state index is 5.66. The molecule has 1 aromatic carbocycles. The van der Waals surface area contributed by atoms with E-state index in [9.17, 15) is 0 Å². The van der Waals surface area contributed by atoms with Crippen LogP contribution in [0.25, 0.3) is 0 Å². The fourth-order valence-corrected chi connectivity index (χ4v) is 1.33. The molecule has 0 aromatic heterocycles. The van der Waals surface area contributed by atoms with Gasteiger partial charge in [-0.3, -0.25) is 0 Å². The molecule has 0 saturated carbocycles. The zero-order valence-corrected chi connectivity index (χ0v) is 10.3. The molecule has 1 aromatic rings. The first-order valence-corrected chi connectivity index (χ1v) is 5.76. The summed E-state index contributed by atoms with van der Waals surface area (Å²) in [5, 5.41) is 0. The van der Waals surface area contributed by atoms with E-state index in [4.69, 9.17) is 14.2 Å². The molecular formula is C13H20O3. The van der Waals surface area contributed by atoms with E-state index in [1.54, 1.807) is 7.11 Å². The molecular weight excluding hydrogens is 204 g/mol. The van der Waals surface area contributed by atoms with Gasteiger partial charge in [0.05, 0.1) is 20.3 Å². The second-order valence-electron chi connectivity index (χ2n) is 3.48. The summed E-state index contributed by atoms with van der Waals surface area (Å²) in [6.07, 6.45) is 1.94. The van der Waals surface area contributed by atoms with Crippen molar-refractivity contribution in [2.24, 2.45) is 0 Å². The maximum Gasteiger partial charge on any atom is 0.203 e. The van der Waals surface area contributed by atoms with Crippen molar-refractivity contribution in [2.75, 3.05) is 20.3 Å². The molecule has 16 heavy (non-hydrogen) atoms. The maximum absolute atomic E-state index is 5.66. The molecule has 0 heterocycles. The number of hydrogen-bond acceptors (Lipinski definition) is 3. The van der Waals surface area contributed by atoms with Crippen LogP contribution in [0.4, 0.5) is 0 Å². The highest BCUT2D eigenvalue weighted by atomic mass is 16.5. The molecule has 0 unspecified atom stereocenters. The van der Waals surface area contributed by atoms with Crippen molar-refractivity contribution in [1.82, 2.24) is 0 Å². The highest BCUT2D eigenvalue weighted by Gasteiger charge is 2.11. The molecule has 3 nitrogen and oxygen atoms in total. The van der Waals surface area contributed by atoms with Crippen LogP contribution in [0.2, 0.25) is 0 Å². The molecule has 0 radical (unpaired) electrons. The highest BCUT2D eigenvalue weighted by molar-refractivity contribution is 5.51. The molecule has 0 saturated heterocycles. The highest BCUT2D eigenvalue weighted by Crippen LogP contribution is 2.37. The minimum Gasteiger partial charge on any atom is -0.493 e. The van der Waals surface area contributed by atoms with Crippen molar-refractivity contribution in [3.05, 3.63) is 18.2 Å². The standard InChI is InChI=1S/C13H20O3/c1-4-9-15-12-8-6-7-11(14-3)13(12)16-10-5-2/h6-8H,4-5,9-10H2,1-3H3. The summed E-state index contributed by atoms with van der Waals surface area (Å²) < 4.78 is 16.5. The van der Waals surface area contributed by atoms with Crippen molar-refractivity contribution >= 4 is 0 Å². The van der Waals surface area contributed by atoms with Gasteiger partial charge in [-0.2, -0.15) is 0 Å². The monoisotopic (exact) mass is 224 g/mol. The Hall–Kier alpha value is -1.38. The van der Waals surface area contributed by atoms with Crippen molar-refractivity contribution < 1.29 is 14.2 Å². The lowest BCUT2D eigenvalue weighted by molar-refractivity contribution is 0.255. The van der Waals surface area contributed by atoms with Gasteiger partial charge in [0, 0.05) is 0 Å². The molecule has 0 aliphatic heterocycles. The summed E-state index contributed by atoms with van der Waals surface area (Å²) in [4.78, 5) is 0. The van der Waals surface area contributed by atoms with Crippen molar-refractivity contribution in [1.29, 1.82) is 0 Å². The second-order valence-corrected chi connectivity index (χ2v) is 3.48. The van der Waals surface area contributed by atoms with Crippen molar-refractivity contribution in [3.8, 4) is 17.2 Å². The van der Waals surface area contributed by atoms with E-state index in [-0.39, 0.29) is 0 Å². The van der Waals surface area contributed by atoms with Crippen LogP contribution in [-0.4, -0.2) is 20.3 Å². The van der Waals surface area contributed by atoms with Gasteiger partial charge in [-0.1, -0.05) is 19.9 Å². The van der Waals surface area contributed by atoms with Crippen LogP contribution in [0, 0.1) is 0 Å². The largest absolute Gasteiger partial charge is 0.493 e. The normalized spacial score (nSPS) is 9.94. The predicted molar refractivity (Wildman–Crippen MR) is 64.6 cm³/mol. The minimum absolute atomic E-state index is 0.670. The molecule has 0 bridgehead atoms. The number of ether oxygens (including phenoxy) is 3. The number of benzene rings is 1. The first-order chi connectivity index (χ1) is 7.83. The van der Waals surface area contributed by atoms with Gasteiger partial charge in [-0.25, -0.2) is 0 Å². The zero-order valence-electron chi connectivity index (χ0n) is 10.3. The average molecular weight is 224 g/mol. The molecule has 0 atom stereocenters. The summed E-state index contributed by atoms with van der Waals surface area (Å²) in [7, 11) is 1.64. The van der Waals surface area contributed by atoms with E-state index in [2.05, 4.69) is 13.8 Å². The third-order valence-corrected chi connectivity index (χ3v) is 2.07. The number of methoxy groups -OCH3 is 1. The summed E-state index contributed by atoms with van der Waals surface area (Å²) >= 11 is 0. The van der Waals surface area contributed by atoms with Crippen LogP contribution in [0.1, 0.15) is 26.7 Å². The van der Waals surface area contributed by atoms with E-state index in [0.717, 1.165) is 24.3 Å². The molecule has 0 spiro atoms.